The number of aromatic nitrogens is 1. The van der Waals surface area contributed by atoms with Gasteiger partial charge in [0, 0.05) is 35.9 Å². The predicted molar refractivity (Wildman–Crippen MR) is 69.8 cm³/mol. The van der Waals surface area contributed by atoms with Crippen LogP contribution in [0.2, 0.25) is 0 Å². The Morgan fingerprint density at radius 1 is 1.19 bits per heavy atom. The minimum absolute atomic E-state index is 0.124. The third-order valence-electron chi connectivity index (χ3n) is 2.95. The van der Waals surface area contributed by atoms with Crippen molar-refractivity contribution < 1.29 is 0 Å². The molecule has 0 aliphatic heterocycles. The van der Waals surface area contributed by atoms with E-state index in [1.54, 1.807) is 0 Å². The Balaban J connectivity index is 2.54. The zero-order chi connectivity index (χ0) is 12.2. The quantitative estimate of drug-likeness (QED) is 0.689. The van der Waals surface area contributed by atoms with E-state index in [-0.39, 0.29) is 11.0 Å². The van der Waals surface area contributed by atoms with Crippen molar-refractivity contribution in [2.45, 2.75) is 38.6 Å². The molecule has 1 aromatic heterocycles. The van der Waals surface area contributed by atoms with Crippen molar-refractivity contribution in [3.63, 3.8) is 0 Å². The number of H-pyrrole nitrogens is 1. The average molecular weight is 223 g/mol. The van der Waals surface area contributed by atoms with Gasteiger partial charge in [0.2, 0.25) is 0 Å². The lowest BCUT2D eigenvalue weighted by Gasteiger charge is -2.32. The Kier molecular flexibility index (Phi) is 4.16. The van der Waals surface area contributed by atoms with E-state index in [2.05, 4.69) is 55.4 Å². The van der Waals surface area contributed by atoms with E-state index in [1.807, 2.05) is 13.2 Å². The first kappa shape index (κ1) is 13.3. The van der Waals surface area contributed by atoms with Crippen molar-refractivity contribution in [1.29, 1.82) is 0 Å². The highest BCUT2D eigenvalue weighted by Crippen LogP contribution is 2.20. The SMILES string of the molecule is CNCC(C)(C)NCC(C)(C)c1ccc[nH]1. The summed E-state index contributed by atoms with van der Waals surface area (Å²) in [6.45, 7) is 10.9. The maximum atomic E-state index is 3.61. The molecule has 0 bridgehead atoms. The zero-order valence-electron chi connectivity index (χ0n) is 11.1. The van der Waals surface area contributed by atoms with Crippen LogP contribution in [0.4, 0.5) is 0 Å². The van der Waals surface area contributed by atoms with E-state index in [0.29, 0.717) is 0 Å². The number of hydrogen-bond acceptors (Lipinski definition) is 2. The average Bonchev–Trinajstić information content (AvgIpc) is 2.68. The number of rotatable bonds is 6. The first-order chi connectivity index (χ1) is 7.37. The molecule has 0 aromatic carbocycles. The molecule has 3 heteroatoms. The number of likely N-dealkylation sites (N-methyl/N-ethyl adjacent to an activating group) is 1. The van der Waals surface area contributed by atoms with Crippen LogP contribution in [-0.2, 0) is 5.41 Å². The normalized spacial score (nSPS) is 13.1. The first-order valence-electron chi connectivity index (χ1n) is 5.91. The molecule has 0 atom stereocenters. The Morgan fingerprint density at radius 3 is 2.38 bits per heavy atom. The molecule has 0 aliphatic carbocycles. The summed E-state index contributed by atoms with van der Waals surface area (Å²) in [5, 5.41) is 6.81. The third-order valence-corrected chi connectivity index (χ3v) is 2.95. The fraction of sp³-hybridized carbons (Fsp3) is 0.692. The summed E-state index contributed by atoms with van der Waals surface area (Å²) in [6.07, 6.45) is 1.98. The molecule has 0 radical (unpaired) electrons. The molecule has 0 unspecified atom stereocenters. The Morgan fingerprint density at radius 2 is 1.88 bits per heavy atom. The van der Waals surface area contributed by atoms with Crippen LogP contribution < -0.4 is 10.6 Å². The molecular weight excluding hydrogens is 198 g/mol. The molecule has 3 nitrogen and oxygen atoms in total. The zero-order valence-corrected chi connectivity index (χ0v) is 11.1. The van der Waals surface area contributed by atoms with E-state index in [9.17, 15) is 0 Å². The number of hydrogen-bond donors (Lipinski definition) is 3. The van der Waals surface area contributed by atoms with Crippen molar-refractivity contribution in [3.8, 4) is 0 Å². The summed E-state index contributed by atoms with van der Waals surface area (Å²) in [4.78, 5) is 3.29. The van der Waals surface area contributed by atoms with E-state index >= 15 is 0 Å². The van der Waals surface area contributed by atoms with Crippen molar-refractivity contribution in [3.05, 3.63) is 24.0 Å². The summed E-state index contributed by atoms with van der Waals surface area (Å²) in [5.74, 6) is 0. The van der Waals surface area contributed by atoms with E-state index in [0.717, 1.165) is 13.1 Å². The second kappa shape index (κ2) is 5.02. The van der Waals surface area contributed by atoms with Gasteiger partial charge in [-0.1, -0.05) is 13.8 Å². The lowest BCUT2D eigenvalue weighted by molar-refractivity contribution is 0.330. The minimum atomic E-state index is 0.124. The van der Waals surface area contributed by atoms with Gasteiger partial charge < -0.3 is 15.6 Å². The Labute approximate surface area is 99.0 Å². The van der Waals surface area contributed by atoms with E-state index < -0.39 is 0 Å². The summed E-state index contributed by atoms with van der Waals surface area (Å²) < 4.78 is 0. The predicted octanol–water partition coefficient (Wildman–Crippen LogP) is 1.88. The molecule has 3 N–H and O–H groups in total. The smallest absolute Gasteiger partial charge is 0.0249 e. The molecule has 92 valence electrons. The first-order valence-corrected chi connectivity index (χ1v) is 5.91. The van der Waals surface area contributed by atoms with Gasteiger partial charge in [-0.3, -0.25) is 0 Å². The van der Waals surface area contributed by atoms with E-state index in [4.69, 9.17) is 0 Å². The van der Waals surface area contributed by atoms with Crippen LogP contribution >= 0.6 is 0 Å². The van der Waals surface area contributed by atoms with Crippen molar-refractivity contribution >= 4 is 0 Å². The lowest BCUT2D eigenvalue weighted by Crippen LogP contribution is -2.50. The third kappa shape index (κ3) is 3.65. The molecule has 1 rings (SSSR count). The van der Waals surface area contributed by atoms with Gasteiger partial charge in [-0.05, 0) is 33.0 Å². The summed E-state index contributed by atoms with van der Waals surface area (Å²) >= 11 is 0. The van der Waals surface area contributed by atoms with Crippen LogP contribution in [0.25, 0.3) is 0 Å². The van der Waals surface area contributed by atoms with Gasteiger partial charge in [0.25, 0.3) is 0 Å². The van der Waals surface area contributed by atoms with Crippen LogP contribution in [-0.4, -0.2) is 30.7 Å². The number of aromatic amines is 1. The van der Waals surface area contributed by atoms with Gasteiger partial charge >= 0.3 is 0 Å². The highest BCUT2D eigenvalue weighted by Gasteiger charge is 2.25. The van der Waals surface area contributed by atoms with Crippen LogP contribution in [0.1, 0.15) is 33.4 Å². The molecule has 0 fully saturated rings. The highest BCUT2D eigenvalue weighted by molar-refractivity contribution is 5.15. The fourth-order valence-electron chi connectivity index (χ4n) is 1.81. The molecule has 0 saturated heterocycles. The molecule has 1 heterocycles. The van der Waals surface area contributed by atoms with Crippen molar-refractivity contribution in [2.75, 3.05) is 20.1 Å². The maximum Gasteiger partial charge on any atom is 0.0249 e. The van der Waals surface area contributed by atoms with Crippen molar-refractivity contribution in [1.82, 2.24) is 15.6 Å². The molecule has 0 spiro atoms. The topological polar surface area (TPSA) is 39.8 Å². The van der Waals surface area contributed by atoms with Crippen LogP contribution in [0, 0.1) is 0 Å². The Bertz CT molecular complexity index is 299. The van der Waals surface area contributed by atoms with Gasteiger partial charge in [0.15, 0.2) is 0 Å². The van der Waals surface area contributed by atoms with E-state index in [1.165, 1.54) is 5.69 Å². The summed E-state index contributed by atoms with van der Waals surface area (Å²) in [6, 6.07) is 4.20. The monoisotopic (exact) mass is 223 g/mol. The molecule has 0 saturated carbocycles. The molecule has 0 aliphatic rings. The minimum Gasteiger partial charge on any atom is -0.365 e. The Hall–Kier alpha value is -0.800. The molecule has 16 heavy (non-hydrogen) atoms. The van der Waals surface area contributed by atoms with Gasteiger partial charge in [-0.15, -0.1) is 0 Å². The van der Waals surface area contributed by atoms with Crippen LogP contribution in [0.5, 0.6) is 0 Å². The fourth-order valence-corrected chi connectivity index (χ4v) is 1.81. The van der Waals surface area contributed by atoms with Crippen molar-refractivity contribution in [2.24, 2.45) is 0 Å². The molecule has 0 amide bonds. The summed E-state index contributed by atoms with van der Waals surface area (Å²) in [7, 11) is 1.99. The van der Waals surface area contributed by atoms with Crippen LogP contribution in [0.15, 0.2) is 18.3 Å². The standard InChI is InChI=1S/C13H25N3/c1-12(2,11-7-6-8-15-11)9-16-13(3,4)10-14-5/h6-8,14-16H,9-10H2,1-5H3. The van der Waals surface area contributed by atoms with Gasteiger partial charge in [-0.2, -0.15) is 0 Å². The van der Waals surface area contributed by atoms with Gasteiger partial charge in [0.1, 0.15) is 0 Å². The summed E-state index contributed by atoms with van der Waals surface area (Å²) in [5.41, 5.74) is 1.54. The lowest BCUT2D eigenvalue weighted by atomic mass is 9.88. The molecular formula is C13H25N3. The second-order valence-electron chi connectivity index (χ2n) is 5.74. The maximum absolute atomic E-state index is 3.61. The van der Waals surface area contributed by atoms with Crippen LogP contribution in [0.3, 0.4) is 0 Å². The molecule has 1 aromatic rings. The number of nitrogens with one attached hydrogen (secondary N) is 3. The van der Waals surface area contributed by atoms with Gasteiger partial charge in [0.05, 0.1) is 0 Å². The largest absolute Gasteiger partial charge is 0.365 e. The van der Waals surface area contributed by atoms with Gasteiger partial charge in [-0.25, -0.2) is 0 Å². The second-order valence-corrected chi connectivity index (χ2v) is 5.74. The highest BCUT2D eigenvalue weighted by atomic mass is 15.0.